The van der Waals surface area contributed by atoms with Gasteiger partial charge in [-0.1, -0.05) is 26.2 Å². The van der Waals surface area contributed by atoms with Crippen molar-refractivity contribution in [1.82, 2.24) is 15.8 Å². The zero-order valence-electron chi connectivity index (χ0n) is 16.4. The second kappa shape index (κ2) is 7.78. The van der Waals surface area contributed by atoms with Crippen LogP contribution in [0.15, 0.2) is 6.07 Å². The molecule has 0 radical (unpaired) electrons. The minimum absolute atomic E-state index is 0.443. The van der Waals surface area contributed by atoms with E-state index in [-0.39, 0.29) is 0 Å². The van der Waals surface area contributed by atoms with E-state index in [2.05, 4.69) is 17.7 Å². The minimum atomic E-state index is -0.910. The Balaban J connectivity index is 1.31. The van der Waals surface area contributed by atoms with Crippen LogP contribution in [-0.2, 0) is 27.2 Å². The number of esters is 1. The molecule has 0 bridgehead atoms. The number of hydrogen-bond donors (Lipinski definition) is 2. The molecule has 9 heteroatoms. The molecule has 4 rings (SSSR count). The Labute approximate surface area is 172 Å². The molecule has 2 N–H and O–H groups in total. The number of carbonyl (C=O) groups is 4. The van der Waals surface area contributed by atoms with E-state index in [1.54, 1.807) is 0 Å². The maximum Gasteiger partial charge on any atom is 0.348 e. The van der Waals surface area contributed by atoms with Crippen LogP contribution < -0.4 is 10.7 Å². The van der Waals surface area contributed by atoms with E-state index >= 15 is 0 Å². The summed E-state index contributed by atoms with van der Waals surface area (Å²) in [6.45, 7) is 1.64. The molecule has 29 heavy (non-hydrogen) atoms. The number of hydrogen-bond acceptors (Lipinski definition) is 6. The lowest BCUT2D eigenvalue weighted by atomic mass is 9.82. The summed E-state index contributed by atoms with van der Waals surface area (Å²) in [6.07, 6.45) is 6.90. The minimum Gasteiger partial charge on any atom is -0.451 e. The lowest BCUT2D eigenvalue weighted by molar-refractivity contribution is -0.140. The van der Waals surface area contributed by atoms with Crippen molar-refractivity contribution in [2.24, 2.45) is 5.92 Å². The molecule has 2 aliphatic carbocycles. The average Bonchev–Trinajstić information content (AvgIpc) is 3.21. The van der Waals surface area contributed by atoms with Gasteiger partial charge in [-0.15, -0.1) is 11.3 Å². The van der Waals surface area contributed by atoms with Crippen molar-refractivity contribution in [2.75, 3.05) is 6.61 Å². The number of nitrogens with one attached hydrogen (secondary N) is 2. The summed E-state index contributed by atoms with van der Waals surface area (Å²) in [7, 11) is 0. The molecule has 0 aromatic carbocycles. The smallest absolute Gasteiger partial charge is 0.348 e. The van der Waals surface area contributed by atoms with Crippen LogP contribution in [-0.4, -0.2) is 41.0 Å². The molecule has 0 unspecified atom stereocenters. The van der Waals surface area contributed by atoms with Gasteiger partial charge < -0.3 is 10.1 Å². The largest absolute Gasteiger partial charge is 0.451 e. The predicted molar refractivity (Wildman–Crippen MR) is 105 cm³/mol. The fourth-order valence-electron chi connectivity index (χ4n) is 4.38. The van der Waals surface area contributed by atoms with Gasteiger partial charge in [0.15, 0.2) is 6.61 Å². The predicted octanol–water partition coefficient (Wildman–Crippen LogP) is 2.32. The molecule has 2 fully saturated rings. The number of nitrogens with zero attached hydrogens (tertiary/aromatic N) is 1. The molecule has 8 nitrogen and oxygen atoms in total. The summed E-state index contributed by atoms with van der Waals surface area (Å²) in [5.74, 6) is -1.12. The monoisotopic (exact) mass is 419 g/mol. The summed E-state index contributed by atoms with van der Waals surface area (Å²) < 4.78 is 5.10. The lowest BCUT2D eigenvalue weighted by Gasteiger charge is -2.30. The number of urea groups is 1. The Kier molecular flexibility index (Phi) is 5.33. The fourth-order valence-corrected chi connectivity index (χ4v) is 5.48. The summed E-state index contributed by atoms with van der Waals surface area (Å²) in [4.78, 5) is 51.0. The van der Waals surface area contributed by atoms with Gasteiger partial charge in [-0.05, 0) is 49.7 Å². The summed E-state index contributed by atoms with van der Waals surface area (Å²) in [6, 6.07) is 1.21. The second-order valence-corrected chi connectivity index (χ2v) is 9.37. The van der Waals surface area contributed by atoms with Gasteiger partial charge >= 0.3 is 12.0 Å². The third-order valence-corrected chi connectivity index (χ3v) is 7.19. The van der Waals surface area contributed by atoms with Crippen molar-refractivity contribution in [3.8, 4) is 0 Å². The zero-order valence-corrected chi connectivity index (χ0v) is 17.2. The third-order valence-electron chi connectivity index (χ3n) is 5.97. The molecular formula is C20H25N3O5S. The Morgan fingerprint density at radius 2 is 2.07 bits per heavy atom. The van der Waals surface area contributed by atoms with Crippen LogP contribution in [0, 0.1) is 5.92 Å². The highest BCUT2D eigenvalue weighted by atomic mass is 32.1. The molecule has 1 saturated heterocycles. The zero-order chi connectivity index (χ0) is 20.6. The van der Waals surface area contributed by atoms with Crippen LogP contribution in [0.25, 0.3) is 0 Å². The summed E-state index contributed by atoms with van der Waals surface area (Å²) >= 11 is 1.41. The van der Waals surface area contributed by atoms with Crippen LogP contribution in [0.4, 0.5) is 4.79 Å². The van der Waals surface area contributed by atoms with Crippen molar-refractivity contribution in [1.29, 1.82) is 0 Å². The third kappa shape index (κ3) is 3.88. The average molecular weight is 420 g/mol. The Morgan fingerprint density at radius 3 is 2.83 bits per heavy atom. The topological polar surface area (TPSA) is 105 Å². The molecule has 1 aromatic heterocycles. The van der Waals surface area contributed by atoms with E-state index in [1.165, 1.54) is 21.8 Å². The number of ether oxygens (including phenoxy) is 1. The van der Waals surface area contributed by atoms with Crippen molar-refractivity contribution >= 4 is 35.2 Å². The van der Waals surface area contributed by atoms with Gasteiger partial charge in [0.05, 0.1) is 0 Å². The molecule has 1 aromatic rings. The Bertz CT molecular complexity index is 858. The van der Waals surface area contributed by atoms with Crippen LogP contribution in [0.2, 0.25) is 0 Å². The van der Waals surface area contributed by atoms with E-state index in [0.29, 0.717) is 28.6 Å². The first-order valence-corrected chi connectivity index (χ1v) is 10.9. The van der Waals surface area contributed by atoms with Crippen LogP contribution >= 0.6 is 11.3 Å². The summed E-state index contributed by atoms with van der Waals surface area (Å²) in [5, 5.41) is 3.43. The van der Waals surface area contributed by atoms with Crippen LogP contribution in [0.5, 0.6) is 0 Å². The first-order chi connectivity index (χ1) is 13.9. The van der Waals surface area contributed by atoms with E-state index in [0.717, 1.165) is 38.5 Å². The number of hydrazine groups is 1. The van der Waals surface area contributed by atoms with Crippen molar-refractivity contribution < 1.29 is 23.9 Å². The molecule has 2 heterocycles. The van der Waals surface area contributed by atoms with Crippen molar-refractivity contribution in [2.45, 2.75) is 63.8 Å². The SMILES string of the molecule is C[C@H]1CCc2sc(C(=O)OCC(=O)NN3C(=O)NC4(CCCCC4)C3=O)cc2C1. The lowest BCUT2D eigenvalue weighted by Crippen LogP contribution is -2.51. The van der Waals surface area contributed by atoms with E-state index < -0.39 is 36.0 Å². The number of carbonyl (C=O) groups excluding carboxylic acids is 4. The van der Waals surface area contributed by atoms with Crippen molar-refractivity contribution in [3.63, 3.8) is 0 Å². The maximum atomic E-state index is 12.6. The highest BCUT2D eigenvalue weighted by molar-refractivity contribution is 7.14. The fraction of sp³-hybridized carbons (Fsp3) is 0.600. The van der Waals surface area contributed by atoms with Crippen molar-refractivity contribution in [3.05, 3.63) is 21.4 Å². The van der Waals surface area contributed by atoms with Gasteiger partial charge in [0.25, 0.3) is 11.8 Å². The molecule has 1 spiro atoms. The maximum absolute atomic E-state index is 12.6. The number of thiophene rings is 1. The Hall–Kier alpha value is -2.42. The van der Waals surface area contributed by atoms with Gasteiger partial charge in [0.1, 0.15) is 10.4 Å². The quantitative estimate of drug-likeness (QED) is 0.576. The van der Waals surface area contributed by atoms with E-state index in [9.17, 15) is 19.2 Å². The Morgan fingerprint density at radius 1 is 1.31 bits per heavy atom. The molecule has 4 amide bonds. The number of amides is 4. The van der Waals surface area contributed by atoms with Crippen LogP contribution in [0.1, 0.15) is 65.6 Å². The van der Waals surface area contributed by atoms with Crippen LogP contribution in [0.3, 0.4) is 0 Å². The van der Waals surface area contributed by atoms with Gasteiger partial charge in [0, 0.05) is 4.88 Å². The number of rotatable bonds is 4. The van der Waals surface area contributed by atoms with Gasteiger partial charge in [0.2, 0.25) is 0 Å². The molecule has 3 aliphatic rings. The number of imide groups is 1. The number of fused-ring (bicyclic) bond motifs is 1. The highest BCUT2D eigenvalue weighted by Crippen LogP contribution is 2.33. The highest BCUT2D eigenvalue weighted by Gasteiger charge is 2.52. The van der Waals surface area contributed by atoms with E-state index in [4.69, 9.17) is 4.74 Å². The number of aryl methyl sites for hydroxylation is 1. The first kappa shape index (κ1) is 19.9. The molecule has 1 atom stereocenters. The summed E-state index contributed by atoms with van der Waals surface area (Å²) in [5.41, 5.74) is 2.54. The first-order valence-electron chi connectivity index (χ1n) is 10.1. The van der Waals surface area contributed by atoms with E-state index in [1.807, 2.05) is 6.07 Å². The standard InChI is InChI=1S/C20H25N3O5S/c1-12-5-6-14-13(9-12)10-15(29-14)17(25)28-11-16(24)22-23-18(26)20(21-19(23)27)7-3-2-4-8-20/h10,12H,2-9,11H2,1H3,(H,21,27)(H,22,24)/t12-/m0/s1. The second-order valence-electron chi connectivity index (χ2n) is 8.23. The molecule has 1 saturated carbocycles. The molecular weight excluding hydrogens is 394 g/mol. The van der Waals surface area contributed by atoms with Gasteiger partial charge in [-0.2, -0.15) is 5.01 Å². The van der Waals surface area contributed by atoms with Gasteiger partial charge in [-0.25, -0.2) is 9.59 Å². The van der Waals surface area contributed by atoms with Gasteiger partial charge in [-0.3, -0.25) is 15.0 Å². The molecule has 1 aliphatic heterocycles. The normalized spacial score (nSPS) is 22.9. The molecule has 156 valence electrons.